The molecule has 0 fully saturated rings. The van der Waals surface area contributed by atoms with Gasteiger partial charge >= 0.3 is 0 Å². The molecular weight excluding hydrogens is 290 g/mol. The predicted molar refractivity (Wildman–Crippen MR) is 81.1 cm³/mol. The lowest BCUT2D eigenvalue weighted by atomic mass is 10.1. The Morgan fingerprint density at radius 3 is 2.78 bits per heavy atom. The van der Waals surface area contributed by atoms with E-state index in [9.17, 15) is 0 Å². The third-order valence-electron chi connectivity index (χ3n) is 3.12. The van der Waals surface area contributed by atoms with Gasteiger partial charge in [0, 0.05) is 22.6 Å². The zero-order valence-corrected chi connectivity index (χ0v) is 13.2. The number of hydrogen-bond donors (Lipinski definition) is 1. The second kappa shape index (κ2) is 8.54. The van der Waals surface area contributed by atoms with Crippen molar-refractivity contribution in [1.82, 2.24) is 5.32 Å². The van der Waals surface area contributed by atoms with Crippen LogP contribution in [-0.4, -0.2) is 13.2 Å². The van der Waals surface area contributed by atoms with Crippen LogP contribution in [0.1, 0.15) is 45.1 Å². The fraction of sp³-hybridized carbons (Fsp3) is 0.600. The van der Waals surface area contributed by atoms with E-state index < -0.39 is 0 Å². The van der Waals surface area contributed by atoms with E-state index in [0.29, 0.717) is 6.04 Å². The van der Waals surface area contributed by atoms with Crippen molar-refractivity contribution in [3.63, 3.8) is 0 Å². The SMILES string of the molecule is CCCCCC(C)NCc1cc(Br)ccc1OC. The van der Waals surface area contributed by atoms with Gasteiger partial charge in [0.15, 0.2) is 0 Å². The van der Waals surface area contributed by atoms with Gasteiger partial charge in [0.05, 0.1) is 7.11 Å². The van der Waals surface area contributed by atoms with E-state index in [2.05, 4.69) is 41.2 Å². The molecule has 0 saturated heterocycles. The van der Waals surface area contributed by atoms with Crippen LogP contribution in [0.4, 0.5) is 0 Å². The Hall–Kier alpha value is -0.540. The maximum atomic E-state index is 5.37. The van der Waals surface area contributed by atoms with Gasteiger partial charge in [-0.15, -0.1) is 0 Å². The molecular formula is C15H24BrNO. The van der Waals surface area contributed by atoms with Gasteiger partial charge in [0.2, 0.25) is 0 Å². The van der Waals surface area contributed by atoms with Crippen LogP contribution in [0, 0.1) is 0 Å². The van der Waals surface area contributed by atoms with Crippen molar-refractivity contribution in [2.24, 2.45) is 0 Å². The van der Waals surface area contributed by atoms with Crippen molar-refractivity contribution < 1.29 is 4.74 Å². The Bertz CT molecular complexity index is 354. The highest BCUT2D eigenvalue weighted by molar-refractivity contribution is 9.10. The second-order valence-corrected chi connectivity index (χ2v) is 5.65. The molecule has 1 unspecified atom stereocenters. The summed E-state index contributed by atoms with van der Waals surface area (Å²) in [5.74, 6) is 0.950. The van der Waals surface area contributed by atoms with Crippen LogP contribution in [0.3, 0.4) is 0 Å². The standard InChI is InChI=1S/C15H24BrNO/c1-4-5-6-7-12(2)17-11-13-10-14(16)8-9-15(13)18-3/h8-10,12,17H,4-7,11H2,1-3H3. The monoisotopic (exact) mass is 313 g/mol. The number of benzene rings is 1. The Labute approximate surface area is 119 Å². The summed E-state index contributed by atoms with van der Waals surface area (Å²) in [6.45, 7) is 5.35. The van der Waals surface area contributed by atoms with Gasteiger partial charge in [0.1, 0.15) is 5.75 Å². The molecule has 0 saturated carbocycles. The van der Waals surface area contributed by atoms with Crippen molar-refractivity contribution >= 4 is 15.9 Å². The number of nitrogens with one attached hydrogen (secondary N) is 1. The van der Waals surface area contributed by atoms with Crippen LogP contribution < -0.4 is 10.1 Å². The predicted octanol–water partition coefficient (Wildman–Crippen LogP) is 4.52. The quantitative estimate of drug-likeness (QED) is 0.713. The minimum Gasteiger partial charge on any atom is -0.496 e. The Kier molecular flexibility index (Phi) is 7.36. The number of methoxy groups -OCH3 is 1. The lowest BCUT2D eigenvalue weighted by Gasteiger charge is -2.15. The van der Waals surface area contributed by atoms with Gasteiger partial charge in [0.25, 0.3) is 0 Å². The number of rotatable bonds is 8. The summed E-state index contributed by atoms with van der Waals surface area (Å²) >= 11 is 3.50. The average Bonchev–Trinajstić information content (AvgIpc) is 2.37. The van der Waals surface area contributed by atoms with Gasteiger partial charge in [-0.05, 0) is 31.5 Å². The fourth-order valence-corrected chi connectivity index (χ4v) is 2.38. The highest BCUT2D eigenvalue weighted by Gasteiger charge is 2.06. The molecule has 2 nitrogen and oxygen atoms in total. The van der Waals surface area contributed by atoms with E-state index in [1.807, 2.05) is 12.1 Å². The number of ether oxygens (including phenoxy) is 1. The van der Waals surface area contributed by atoms with Gasteiger partial charge in [-0.2, -0.15) is 0 Å². The van der Waals surface area contributed by atoms with Crippen molar-refractivity contribution in [3.8, 4) is 5.75 Å². The first-order chi connectivity index (χ1) is 8.67. The molecule has 1 N–H and O–H groups in total. The summed E-state index contributed by atoms with van der Waals surface area (Å²) in [4.78, 5) is 0. The average molecular weight is 314 g/mol. The van der Waals surface area contributed by atoms with E-state index in [4.69, 9.17) is 4.74 Å². The van der Waals surface area contributed by atoms with Crippen LogP contribution in [0.15, 0.2) is 22.7 Å². The number of halogens is 1. The number of hydrogen-bond acceptors (Lipinski definition) is 2. The first-order valence-corrected chi connectivity index (χ1v) is 7.52. The molecule has 0 aromatic heterocycles. The molecule has 0 aliphatic heterocycles. The molecule has 0 aliphatic carbocycles. The molecule has 102 valence electrons. The molecule has 0 heterocycles. The maximum absolute atomic E-state index is 5.37. The lowest BCUT2D eigenvalue weighted by Crippen LogP contribution is -2.25. The van der Waals surface area contributed by atoms with Crippen molar-refractivity contribution in [2.75, 3.05) is 7.11 Å². The normalized spacial score (nSPS) is 12.4. The maximum Gasteiger partial charge on any atom is 0.123 e. The van der Waals surface area contributed by atoms with E-state index >= 15 is 0 Å². The van der Waals surface area contributed by atoms with E-state index in [1.165, 1.54) is 31.2 Å². The molecule has 0 spiro atoms. The van der Waals surface area contributed by atoms with Crippen molar-refractivity contribution in [3.05, 3.63) is 28.2 Å². The van der Waals surface area contributed by atoms with Crippen LogP contribution in [0.25, 0.3) is 0 Å². The minimum absolute atomic E-state index is 0.556. The molecule has 0 aliphatic rings. The van der Waals surface area contributed by atoms with Crippen LogP contribution in [-0.2, 0) is 6.54 Å². The van der Waals surface area contributed by atoms with Crippen molar-refractivity contribution in [1.29, 1.82) is 0 Å². The first-order valence-electron chi connectivity index (χ1n) is 6.73. The minimum atomic E-state index is 0.556. The van der Waals surface area contributed by atoms with Gasteiger partial charge in [-0.25, -0.2) is 0 Å². The Morgan fingerprint density at radius 1 is 1.33 bits per heavy atom. The summed E-state index contributed by atoms with van der Waals surface area (Å²) in [7, 11) is 1.72. The zero-order chi connectivity index (χ0) is 13.4. The zero-order valence-electron chi connectivity index (χ0n) is 11.6. The smallest absolute Gasteiger partial charge is 0.123 e. The van der Waals surface area contributed by atoms with Crippen LogP contribution >= 0.6 is 15.9 Å². The molecule has 1 aromatic carbocycles. The Balaban J connectivity index is 2.44. The Morgan fingerprint density at radius 2 is 2.11 bits per heavy atom. The summed E-state index contributed by atoms with van der Waals surface area (Å²) in [5, 5.41) is 3.56. The van der Waals surface area contributed by atoms with Crippen molar-refractivity contribution in [2.45, 2.75) is 52.1 Å². The van der Waals surface area contributed by atoms with Crippen LogP contribution in [0.5, 0.6) is 5.75 Å². The third kappa shape index (κ3) is 5.40. The topological polar surface area (TPSA) is 21.3 Å². The molecule has 3 heteroatoms. The summed E-state index contributed by atoms with van der Waals surface area (Å²) in [6, 6.07) is 6.68. The largest absolute Gasteiger partial charge is 0.496 e. The highest BCUT2D eigenvalue weighted by atomic mass is 79.9. The number of unbranched alkanes of at least 4 members (excludes halogenated alkanes) is 2. The second-order valence-electron chi connectivity index (χ2n) is 4.73. The lowest BCUT2D eigenvalue weighted by molar-refractivity contribution is 0.404. The first kappa shape index (κ1) is 15.5. The van der Waals surface area contributed by atoms with Gasteiger partial charge in [-0.1, -0.05) is 42.1 Å². The summed E-state index contributed by atoms with van der Waals surface area (Å²) in [6.07, 6.45) is 5.16. The van der Waals surface area contributed by atoms with Crippen LogP contribution in [0.2, 0.25) is 0 Å². The van der Waals surface area contributed by atoms with Gasteiger partial charge < -0.3 is 10.1 Å². The van der Waals surface area contributed by atoms with E-state index in [-0.39, 0.29) is 0 Å². The summed E-state index contributed by atoms with van der Waals surface area (Å²) < 4.78 is 6.47. The third-order valence-corrected chi connectivity index (χ3v) is 3.62. The fourth-order valence-electron chi connectivity index (χ4n) is 1.97. The molecule has 1 aromatic rings. The van der Waals surface area contributed by atoms with E-state index in [1.54, 1.807) is 7.11 Å². The van der Waals surface area contributed by atoms with Gasteiger partial charge in [-0.3, -0.25) is 0 Å². The molecule has 0 bridgehead atoms. The highest BCUT2D eigenvalue weighted by Crippen LogP contribution is 2.22. The summed E-state index contributed by atoms with van der Waals surface area (Å²) in [5.41, 5.74) is 1.20. The molecule has 1 rings (SSSR count). The van der Waals surface area contributed by atoms with E-state index in [0.717, 1.165) is 16.8 Å². The molecule has 18 heavy (non-hydrogen) atoms. The molecule has 0 amide bonds. The molecule has 0 radical (unpaired) electrons. The molecule has 1 atom stereocenters.